The molecule has 2 atom stereocenters. The normalized spacial score (nSPS) is 12.2. The van der Waals surface area contributed by atoms with Crippen molar-refractivity contribution >= 4 is 29.4 Å². The molecule has 0 radical (unpaired) electrons. The standard InChI is InChI=1S/C28H36N4O5/c1-19(2)15-24(32(25(34)17-29-21(4)33)18-23-13-9-6-10-14-23)27(36)31-20(3)26(35)28(37)30-16-22-11-7-5-8-12-22/h5-14,19-20,24H,15-18H2,1-4H3,(H,29,33)(H,30,37)(H,31,36). The molecule has 0 saturated carbocycles. The number of rotatable bonds is 13. The molecule has 0 spiro atoms. The molecule has 0 aliphatic rings. The summed E-state index contributed by atoms with van der Waals surface area (Å²) >= 11 is 0. The van der Waals surface area contributed by atoms with Crippen molar-refractivity contribution in [3.63, 3.8) is 0 Å². The quantitative estimate of drug-likeness (QED) is 0.357. The highest BCUT2D eigenvalue weighted by Gasteiger charge is 2.33. The van der Waals surface area contributed by atoms with Gasteiger partial charge in [-0.1, -0.05) is 74.5 Å². The van der Waals surface area contributed by atoms with Gasteiger partial charge in [-0.05, 0) is 30.4 Å². The van der Waals surface area contributed by atoms with E-state index in [0.717, 1.165) is 11.1 Å². The second-order valence-corrected chi connectivity index (χ2v) is 9.33. The zero-order chi connectivity index (χ0) is 27.4. The van der Waals surface area contributed by atoms with E-state index in [1.165, 1.54) is 18.7 Å². The van der Waals surface area contributed by atoms with E-state index in [1.54, 1.807) is 0 Å². The van der Waals surface area contributed by atoms with Crippen LogP contribution < -0.4 is 16.0 Å². The third-order valence-electron chi connectivity index (χ3n) is 5.65. The molecule has 0 bridgehead atoms. The fraction of sp³-hybridized carbons (Fsp3) is 0.393. The minimum absolute atomic E-state index is 0.0442. The predicted molar refractivity (Wildman–Crippen MR) is 140 cm³/mol. The van der Waals surface area contributed by atoms with Crippen LogP contribution in [-0.4, -0.2) is 52.9 Å². The Morgan fingerprint density at radius 1 is 0.811 bits per heavy atom. The Hall–Kier alpha value is -4.01. The first kappa shape index (κ1) is 29.2. The van der Waals surface area contributed by atoms with Gasteiger partial charge in [-0.25, -0.2) is 0 Å². The van der Waals surface area contributed by atoms with E-state index < -0.39 is 35.6 Å². The van der Waals surface area contributed by atoms with Crippen molar-refractivity contribution in [2.75, 3.05) is 6.54 Å². The molecular formula is C28H36N4O5. The Bertz CT molecular complexity index is 1070. The van der Waals surface area contributed by atoms with E-state index >= 15 is 0 Å². The number of hydrogen-bond acceptors (Lipinski definition) is 5. The molecule has 0 aliphatic carbocycles. The Kier molecular flexibility index (Phi) is 11.5. The molecule has 2 unspecified atom stereocenters. The van der Waals surface area contributed by atoms with Crippen molar-refractivity contribution in [1.82, 2.24) is 20.9 Å². The molecule has 0 heterocycles. The minimum Gasteiger partial charge on any atom is -0.347 e. The predicted octanol–water partition coefficient (Wildman–Crippen LogP) is 1.96. The summed E-state index contributed by atoms with van der Waals surface area (Å²) in [7, 11) is 0. The molecule has 9 heteroatoms. The van der Waals surface area contributed by atoms with Crippen molar-refractivity contribution < 1.29 is 24.0 Å². The Morgan fingerprint density at radius 3 is 1.92 bits per heavy atom. The van der Waals surface area contributed by atoms with Gasteiger partial charge in [0.2, 0.25) is 23.5 Å². The van der Waals surface area contributed by atoms with Crippen LogP contribution in [0.3, 0.4) is 0 Å². The van der Waals surface area contributed by atoms with Gasteiger partial charge in [-0.15, -0.1) is 0 Å². The number of nitrogens with one attached hydrogen (secondary N) is 3. The van der Waals surface area contributed by atoms with Gasteiger partial charge in [0.15, 0.2) is 0 Å². The van der Waals surface area contributed by atoms with Gasteiger partial charge >= 0.3 is 0 Å². The van der Waals surface area contributed by atoms with E-state index in [0.29, 0.717) is 6.42 Å². The highest BCUT2D eigenvalue weighted by molar-refractivity contribution is 6.38. The molecule has 3 N–H and O–H groups in total. The van der Waals surface area contributed by atoms with Gasteiger partial charge in [0.05, 0.1) is 12.6 Å². The summed E-state index contributed by atoms with van der Waals surface area (Å²) in [5, 5.41) is 7.68. The summed E-state index contributed by atoms with van der Waals surface area (Å²) in [6.07, 6.45) is 0.325. The van der Waals surface area contributed by atoms with Crippen LogP contribution in [0, 0.1) is 5.92 Å². The molecule has 2 rings (SSSR count). The second-order valence-electron chi connectivity index (χ2n) is 9.33. The summed E-state index contributed by atoms with van der Waals surface area (Å²) < 4.78 is 0. The van der Waals surface area contributed by atoms with Crippen molar-refractivity contribution in [2.24, 2.45) is 5.92 Å². The third kappa shape index (κ3) is 9.87. The fourth-order valence-electron chi connectivity index (χ4n) is 3.71. The van der Waals surface area contributed by atoms with E-state index in [2.05, 4.69) is 16.0 Å². The summed E-state index contributed by atoms with van der Waals surface area (Å²) in [5.41, 5.74) is 1.65. The van der Waals surface area contributed by atoms with E-state index in [9.17, 15) is 24.0 Å². The number of nitrogens with zero attached hydrogens (tertiary/aromatic N) is 1. The molecule has 0 aliphatic heterocycles. The maximum Gasteiger partial charge on any atom is 0.289 e. The SMILES string of the molecule is CC(=O)NCC(=O)N(Cc1ccccc1)C(CC(C)C)C(=O)NC(C)C(=O)C(=O)NCc1ccccc1. The average molecular weight is 509 g/mol. The number of carbonyl (C=O) groups is 5. The lowest BCUT2D eigenvalue weighted by Gasteiger charge is -2.33. The molecule has 2 aromatic carbocycles. The molecule has 198 valence electrons. The van der Waals surface area contributed by atoms with Crippen LogP contribution >= 0.6 is 0 Å². The third-order valence-corrected chi connectivity index (χ3v) is 5.65. The molecule has 37 heavy (non-hydrogen) atoms. The first-order chi connectivity index (χ1) is 17.6. The number of benzene rings is 2. The van der Waals surface area contributed by atoms with Crippen LogP contribution in [0.2, 0.25) is 0 Å². The lowest BCUT2D eigenvalue weighted by molar-refractivity contribution is -0.144. The van der Waals surface area contributed by atoms with Crippen molar-refractivity contribution in [3.05, 3.63) is 71.8 Å². The van der Waals surface area contributed by atoms with Gasteiger partial charge in [-0.2, -0.15) is 0 Å². The number of hydrogen-bond donors (Lipinski definition) is 3. The molecule has 9 nitrogen and oxygen atoms in total. The zero-order valence-electron chi connectivity index (χ0n) is 21.8. The molecule has 0 aromatic heterocycles. The average Bonchev–Trinajstić information content (AvgIpc) is 2.88. The number of Topliss-reactive ketones (excluding diaryl/α,β-unsaturated/α-hetero) is 1. The molecule has 0 fully saturated rings. The summed E-state index contributed by atoms with van der Waals surface area (Å²) in [5.74, 6) is -2.88. The first-order valence-electron chi connectivity index (χ1n) is 12.3. The molecular weight excluding hydrogens is 472 g/mol. The summed E-state index contributed by atoms with van der Waals surface area (Å²) in [6, 6.07) is 16.3. The van der Waals surface area contributed by atoms with Crippen molar-refractivity contribution in [1.29, 1.82) is 0 Å². The fourth-order valence-corrected chi connectivity index (χ4v) is 3.71. The summed E-state index contributed by atoms with van der Waals surface area (Å²) in [4.78, 5) is 64.4. The summed E-state index contributed by atoms with van der Waals surface area (Å²) in [6.45, 7) is 6.66. The number of carbonyl (C=O) groups excluding carboxylic acids is 5. The second kappa shape index (κ2) is 14.5. The largest absolute Gasteiger partial charge is 0.347 e. The van der Waals surface area contributed by atoms with Crippen LogP contribution in [-0.2, 0) is 37.1 Å². The van der Waals surface area contributed by atoms with Crippen LogP contribution in [0.4, 0.5) is 0 Å². The topological polar surface area (TPSA) is 125 Å². The molecule has 2 aromatic rings. The van der Waals surface area contributed by atoms with Gasteiger partial charge in [0.1, 0.15) is 6.04 Å². The highest BCUT2D eigenvalue weighted by Crippen LogP contribution is 2.17. The number of amides is 4. The zero-order valence-corrected chi connectivity index (χ0v) is 21.8. The smallest absolute Gasteiger partial charge is 0.289 e. The van der Waals surface area contributed by atoms with Crippen LogP contribution in [0.5, 0.6) is 0 Å². The molecule has 0 saturated heterocycles. The Balaban J connectivity index is 2.16. The van der Waals surface area contributed by atoms with Crippen molar-refractivity contribution in [2.45, 2.75) is 59.3 Å². The Morgan fingerprint density at radius 2 is 1.38 bits per heavy atom. The van der Waals surface area contributed by atoms with Gasteiger partial charge in [0.25, 0.3) is 5.91 Å². The van der Waals surface area contributed by atoms with Gasteiger partial charge in [-0.3, -0.25) is 24.0 Å². The van der Waals surface area contributed by atoms with E-state index in [-0.39, 0.29) is 31.5 Å². The van der Waals surface area contributed by atoms with Crippen LogP contribution in [0.1, 0.15) is 45.2 Å². The first-order valence-corrected chi connectivity index (χ1v) is 12.3. The van der Waals surface area contributed by atoms with Gasteiger partial charge in [0, 0.05) is 20.0 Å². The van der Waals surface area contributed by atoms with Crippen LogP contribution in [0.15, 0.2) is 60.7 Å². The maximum atomic E-state index is 13.4. The minimum atomic E-state index is -1.10. The lowest BCUT2D eigenvalue weighted by atomic mass is 10.00. The lowest BCUT2D eigenvalue weighted by Crippen LogP contribution is -2.55. The molecule has 4 amide bonds. The van der Waals surface area contributed by atoms with E-state index in [4.69, 9.17) is 0 Å². The Labute approximate surface area is 218 Å². The van der Waals surface area contributed by atoms with Crippen LogP contribution in [0.25, 0.3) is 0 Å². The van der Waals surface area contributed by atoms with Crippen molar-refractivity contribution in [3.8, 4) is 0 Å². The van der Waals surface area contributed by atoms with E-state index in [1.807, 2.05) is 74.5 Å². The van der Waals surface area contributed by atoms with Gasteiger partial charge < -0.3 is 20.9 Å². The monoisotopic (exact) mass is 508 g/mol. The highest BCUT2D eigenvalue weighted by atomic mass is 16.2. The number of ketones is 1. The maximum absolute atomic E-state index is 13.4.